The van der Waals surface area contributed by atoms with Crippen molar-refractivity contribution >= 4 is 5.97 Å². The molecule has 0 heterocycles. The Kier molecular flexibility index (Phi) is 16.0. The molecule has 0 unspecified atom stereocenters. The average molecular weight is 304 g/mol. The molecule has 0 atom stereocenters. The second kappa shape index (κ2) is 16.3. The maximum atomic E-state index is 9.25. The van der Waals surface area contributed by atoms with Crippen molar-refractivity contribution in [1.82, 2.24) is 0 Å². The molecule has 2 aromatic carbocycles. The molecule has 0 aliphatic carbocycles. The van der Waals surface area contributed by atoms with Gasteiger partial charge in [-0.15, -0.1) is 0 Å². The van der Waals surface area contributed by atoms with Gasteiger partial charge in [0.1, 0.15) is 11.5 Å². The lowest BCUT2D eigenvalue weighted by Crippen LogP contribution is -1.82. The molecule has 0 aliphatic rings. The van der Waals surface area contributed by atoms with Crippen LogP contribution < -0.4 is 0 Å². The number of para-hydroxylation sites is 2. The predicted octanol–water partition coefficient (Wildman–Crippen LogP) is 4.46. The number of phenolic OH excluding ortho intramolecular Hbond substituents is 2. The summed E-state index contributed by atoms with van der Waals surface area (Å²) in [5, 5.41) is 24.9. The maximum absolute atomic E-state index is 9.25. The van der Waals surface area contributed by atoms with Gasteiger partial charge in [0.2, 0.25) is 0 Å². The van der Waals surface area contributed by atoms with Gasteiger partial charge in [0, 0.05) is 6.08 Å². The maximum Gasteiger partial charge on any atom is 0.327 e. The van der Waals surface area contributed by atoms with E-state index in [-0.39, 0.29) is 0 Å². The average Bonchev–Trinajstić information content (AvgIpc) is 2.51. The molecule has 0 saturated carbocycles. The van der Waals surface area contributed by atoms with E-state index < -0.39 is 5.97 Å². The minimum atomic E-state index is -0.981. The molecule has 0 radical (unpaired) electrons. The van der Waals surface area contributed by atoms with Crippen molar-refractivity contribution in [2.45, 2.75) is 20.3 Å². The van der Waals surface area contributed by atoms with Crippen molar-refractivity contribution in [3.8, 4) is 11.5 Å². The number of hydrogen-bond donors (Lipinski definition) is 3. The standard InChI is InChI=1S/2C6H6O.C3H4O2.C3H8/c2*7-6-4-2-1-3-5-6;1-2-3(4)5;1-3-2/h2*1-5,7H;2H,1H2,(H,4,5);3H2,1-2H3. The molecule has 0 fully saturated rings. The van der Waals surface area contributed by atoms with Gasteiger partial charge in [-0.1, -0.05) is 63.2 Å². The largest absolute Gasteiger partial charge is 0.508 e. The van der Waals surface area contributed by atoms with Gasteiger partial charge in [-0.25, -0.2) is 4.79 Å². The van der Waals surface area contributed by atoms with Gasteiger partial charge in [0.15, 0.2) is 0 Å². The Bertz CT molecular complexity index is 443. The highest BCUT2D eigenvalue weighted by atomic mass is 16.4. The summed E-state index contributed by atoms with van der Waals surface area (Å²) in [4.78, 5) is 9.25. The molecular formula is C18H24O4. The molecule has 0 aliphatic heterocycles. The Hall–Kier alpha value is -2.75. The number of aromatic hydroxyl groups is 2. The van der Waals surface area contributed by atoms with E-state index in [1.165, 1.54) is 6.42 Å². The molecule has 4 heteroatoms. The highest BCUT2D eigenvalue weighted by molar-refractivity contribution is 5.78. The SMILES string of the molecule is C=CC(=O)O.CCC.Oc1ccccc1.Oc1ccccc1. The zero-order chi connectivity index (χ0) is 17.2. The Labute approximate surface area is 132 Å². The molecule has 0 aromatic heterocycles. The molecule has 4 nitrogen and oxygen atoms in total. The highest BCUT2D eigenvalue weighted by Crippen LogP contribution is 2.03. The first-order valence-corrected chi connectivity index (χ1v) is 6.81. The lowest BCUT2D eigenvalue weighted by Gasteiger charge is -1.82. The number of phenols is 2. The fourth-order valence-corrected chi connectivity index (χ4v) is 0.856. The van der Waals surface area contributed by atoms with Gasteiger partial charge >= 0.3 is 5.97 Å². The van der Waals surface area contributed by atoms with Gasteiger partial charge in [-0.05, 0) is 24.3 Å². The summed E-state index contributed by atoms with van der Waals surface area (Å²) < 4.78 is 0. The van der Waals surface area contributed by atoms with Gasteiger partial charge in [-0.3, -0.25) is 0 Å². The fourth-order valence-electron chi connectivity index (χ4n) is 0.856. The quantitative estimate of drug-likeness (QED) is 0.680. The minimum absolute atomic E-state index is 0.322. The molecule has 3 N–H and O–H groups in total. The van der Waals surface area contributed by atoms with E-state index in [2.05, 4.69) is 20.4 Å². The predicted molar refractivity (Wildman–Crippen MR) is 90.0 cm³/mol. The Morgan fingerprint density at radius 2 is 1.14 bits per heavy atom. The molecule has 0 saturated heterocycles. The Morgan fingerprint density at radius 3 is 1.23 bits per heavy atom. The van der Waals surface area contributed by atoms with Gasteiger partial charge in [0.25, 0.3) is 0 Å². The molecule has 0 bridgehead atoms. The monoisotopic (exact) mass is 304 g/mol. The summed E-state index contributed by atoms with van der Waals surface area (Å²) in [6, 6.07) is 17.4. The number of carboxylic acid groups (broad SMARTS) is 1. The molecule has 22 heavy (non-hydrogen) atoms. The summed E-state index contributed by atoms with van der Waals surface area (Å²) in [6.07, 6.45) is 2.08. The third kappa shape index (κ3) is 19.6. The summed E-state index contributed by atoms with van der Waals surface area (Å²) in [7, 11) is 0. The van der Waals surface area contributed by atoms with Crippen molar-refractivity contribution in [1.29, 1.82) is 0 Å². The van der Waals surface area contributed by atoms with E-state index in [0.29, 0.717) is 11.5 Å². The van der Waals surface area contributed by atoms with Crippen LogP contribution in [0.25, 0.3) is 0 Å². The lowest BCUT2D eigenvalue weighted by atomic mass is 10.3. The van der Waals surface area contributed by atoms with E-state index in [4.69, 9.17) is 15.3 Å². The number of rotatable bonds is 1. The zero-order valence-electron chi connectivity index (χ0n) is 13.0. The summed E-state index contributed by atoms with van der Waals surface area (Å²) in [5.41, 5.74) is 0. The van der Waals surface area contributed by atoms with E-state index in [9.17, 15) is 4.79 Å². The topological polar surface area (TPSA) is 77.8 Å². The smallest absolute Gasteiger partial charge is 0.327 e. The van der Waals surface area contributed by atoms with Crippen LogP contribution in [-0.4, -0.2) is 21.3 Å². The van der Waals surface area contributed by atoms with Gasteiger partial charge in [0.05, 0.1) is 0 Å². The molecule has 0 spiro atoms. The Morgan fingerprint density at radius 1 is 0.909 bits per heavy atom. The first-order valence-electron chi connectivity index (χ1n) is 6.81. The van der Waals surface area contributed by atoms with E-state index in [0.717, 1.165) is 6.08 Å². The number of carboxylic acids is 1. The van der Waals surface area contributed by atoms with Gasteiger partial charge < -0.3 is 15.3 Å². The normalized spacial score (nSPS) is 7.73. The highest BCUT2D eigenvalue weighted by Gasteiger charge is 1.75. The zero-order valence-corrected chi connectivity index (χ0v) is 13.0. The molecule has 120 valence electrons. The summed E-state index contributed by atoms with van der Waals surface area (Å²) >= 11 is 0. The van der Waals surface area contributed by atoms with E-state index in [1.807, 2.05) is 12.1 Å². The molecule has 2 rings (SSSR count). The first kappa shape index (κ1) is 21.5. The van der Waals surface area contributed by atoms with Crippen LogP contribution >= 0.6 is 0 Å². The number of carbonyl (C=O) groups is 1. The van der Waals surface area contributed by atoms with Crippen LogP contribution in [0.4, 0.5) is 0 Å². The third-order valence-corrected chi connectivity index (χ3v) is 1.69. The number of benzene rings is 2. The number of aliphatic carboxylic acids is 1. The van der Waals surface area contributed by atoms with Crippen LogP contribution in [0.3, 0.4) is 0 Å². The molecular weight excluding hydrogens is 280 g/mol. The van der Waals surface area contributed by atoms with Crippen molar-refractivity contribution in [2.75, 3.05) is 0 Å². The third-order valence-electron chi connectivity index (χ3n) is 1.69. The second-order valence-electron chi connectivity index (χ2n) is 3.92. The summed E-state index contributed by atoms with van der Waals surface area (Å²) in [5.74, 6) is -0.338. The van der Waals surface area contributed by atoms with Crippen LogP contribution in [0.1, 0.15) is 20.3 Å². The minimum Gasteiger partial charge on any atom is -0.508 e. The van der Waals surface area contributed by atoms with Crippen molar-refractivity contribution in [3.63, 3.8) is 0 Å². The molecule has 2 aromatic rings. The van der Waals surface area contributed by atoms with E-state index in [1.54, 1.807) is 48.5 Å². The molecule has 0 amide bonds. The number of hydrogen-bond acceptors (Lipinski definition) is 3. The van der Waals surface area contributed by atoms with Crippen LogP contribution in [0, 0.1) is 0 Å². The fraction of sp³-hybridized carbons (Fsp3) is 0.167. The lowest BCUT2D eigenvalue weighted by molar-refractivity contribution is -0.131. The van der Waals surface area contributed by atoms with Crippen LogP contribution in [0.5, 0.6) is 11.5 Å². The Balaban J connectivity index is 0. The van der Waals surface area contributed by atoms with Crippen LogP contribution in [0.15, 0.2) is 73.3 Å². The first-order chi connectivity index (χ1) is 10.5. The van der Waals surface area contributed by atoms with Gasteiger partial charge in [-0.2, -0.15) is 0 Å². The van der Waals surface area contributed by atoms with Crippen LogP contribution in [0.2, 0.25) is 0 Å². The van der Waals surface area contributed by atoms with Crippen molar-refractivity contribution < 1.29 is 20.1 Å². The van der Waals surface area contributed by atoms with Crippen molar-refractivity contribution in [3.05, 3.63) is 73.3 Å². The second-order valence-corrected chi connectivity index (χ2v) is 3.92. The van der Waals surface area contributed by atoms with E-state index >= 15 is 0 Å². The summed E-state index contributed by atoms with van der Waals surface area (Å²) in [6.45, 7) is 7.21. The van der Waals surface area contributed by atoms with Crippen molar-refractivity contribution in [2.24, 2.45) is 0 Å². The van der Waals surface area contributed by atoms with Crippen LogP contribution in [-0.2, 0) is 4.79 Å².